The Morgan fingerprint density at radius 2 is 1.92 bits per heavy atom. The van der Waals surface area contributed by atoms with E-state index in [9.17, 15) is 4.79 Å². The normalized spacial score (nSPS) is 19.3. The SMILES string of the molecule is CCN1CCC[C@@H]1CNc1c(-c2nc3c(N4CCN(C)CC4)cccc3[nH]2)c(=O)[nH]c2ccc(Cl)cc12. The highest BCUT2D eigenvalue weighted by atomic mass is 35.5. The molecule has 2 aliphatic heterocycles. The number of hydrogen-bond acceptors (Lipinski definition) is 6. The van der Waals surface area contributed by atoms with Crippen LogP contribution in [-0.4, -0.2) is 83.7 Å². The van der Waals surface area contributed by atoms with Crippen molar-refractivity contribution >= 4 is 44.9 Å². The van der Waals surface area contributed by atoms with Gasteiger partial charge in [0.25, 0.3) is 5.56 Å². The Morgan fingerprint density at radius 1 is 1.08 bits per heavy atom. The third kappa shape index (κ3) is 4.58. The fraction of sp³-hybridized carbons (Fsp3) is 0.429. The number of para-hydroxylation sites is 1. The van der Waals surface area contributed by atoms with Gasteiger partial charge in [0.05, 0.1) is 22.4 Å². The van der Waals surface area contributed by atoms with Gasteiger partial charge < -0.3 is 25.1 Å². The van der Waals surface area contributed by atoms with E-state index >= 15 is 0 Å². The molecule has 0 bridgehead atoms. The number of anilines is 2. The summed E-state index contributed by atoms with van der Waals surface area (Å²) in [5.74, 6) is 0.570. The van der Waals surface area contributed by atoms with E-state index in [1.807, 2.05) is 24.3 Å². The Balaban J connectivity index is 1.46. The smallest absolute Gasteiger partial charge is 0.261 e. The lowest BCUT2D eigenvalue weighted by atomic mass is 10.1. The first-order valence-corrected chi connectivity index (χ1v) is 13.7. The predicted molar refractivity (Wildman–Crippen MR) is 153 cm³/mol. The molecule has 2 aromatic heterocycles. The Kier molecular flexibility index (Phi) is 6.56. The van der Waals surface area contributed by atoms with E-state index in [0.29, 0.717) is 22.5 Å². The Hall–Kier alpha value is -3.07. The number of piperazine rings is 1. The molecule has 194 valence electrons. The van der Waals surface area contributed by atoms with Crippen LogP contribution in [-0.2, 0) is 0 Å². The molecule has 9 heteroatoms. The molecule has 2 saturated heterocycles. The lowest BCUT2D eigenvalue weighted by Gasteiger charge is -2.34. The van der Waals surface area contributed by atoms with Crippen molar-refractivity contribution in [3.8, 4) is 11.4 Å². The van der Waals surface area contributed by atoms with Crippen LogP contribution in [0.15, 0.2) is 41.2 Å². The number of pyridine rings is 1. The second-order valence-electron chi connectivity index (χ2n) is 10.2. The van der Waals surface area contributed by atoms with Gasteiger partial charge in [-0.05, 0) is 63.3 Å². The van der Waals surface area contributed by atoms with Crippen LogP contribution >= 0.6 is 11.6 Å². The maximum absolute atomic E-state index is 13.5. The summed E-state index contributed by atoms with van der Waals surface area (Å²) in [5, 5.41) is 5.18. The summed E-state index contributed by atoms with van der Waals surface area (Å²) >= 11 is 6.42. The maximum Gasteiger partial charge on any atom is 0.261 e. The zero-order valence-corrected chi connectivity index (χ0v) is 22.2. The molecule has 0 unspecified atom stereocenters. The summed E-state index contributed by atoms with van der Waals surface area (Å²) in [7, 11) is 2.16. The van der Waals surface area contributed by atoms with E-state index in [1.165, 1.54) is 6.42 Å². The van der Waals surface area contributed by atoms with Gasteiger partial charge >= 0.3 is 0 Å². The van der Waals surface area contributed by atoms with Gasteiger partial charge in [0.1, 0.15) is 16.9 Å². The first-order valence-electron chi connectivity index (χ1n) is 13.3. The molecule has 0 aliphatic carbocycles. The van der Waals surface area contributed by atoms with Gasteiger partial charge in [0.2, 0.25) is 0 Å². The summed E-state index contributed by atoms with van der Waals surface area (Å²) in [6.45, 7) is 9.06. The number of halogens is 1. The fourth-order valence-electron chi connectivity index (χ4n) is 5.88. The van der Waals surface area contributed by atoms with E-state index in [4.69, 9.17) is 16.6 Å². The van der Waals surface area contributed by atoms with Gasteiger partial charge in [-0.1, -0.05) is 24.6 Å². The van der Waals surface area contributed by atoms with Crippen LogP contribution in [0.25, 0.3) is 33.3 Å². The van der Waals surface area contributed by atoms with Crippen LogP contribution < -0.4 is 15.8 Å². The van der Waals surface area contributed by atoms with Crippen LogP contribution in [0.2, 0.25) is 5.02 Å². The number of nitrogens with zero attached hydrogens (tertiary/aromatic N) is 4. The molecule has 37 heavy (non-hydrogen) atoms. The second-order valence-corrected chi connectivity index (χ2v) is 10.7. The number of nitrogens with one attached hydrogen (secondary N) is 3. The number of benzene rings is 2. The molecule has 2 aromatic carbocycles. The zero-order valence-electron chi connectivity index (χ0n) is 21.5. The van der Waals surface area contributed by atoms with Crippen molar-refractivity contribution in [1.29, 1.82) is 0 Å². The van der Waals surface area contributed by atoms with Crippen molar-refractivity contribution < 1.29 is 0 Å². The standard InChI is InChI=1S/C28H34ClN7O/c1-3-35-11-5-6-19(35)17-30-25-20-16-18(29)9-10-21(20)32-28(37)24(25)27-31-22-7-4-8-23(26(22)33-27)36-14-12-34(2)13-15-36/h4,7-10,16,19H,3,5-6,11-15,17H2,1-2H3,(H,31,33)(H2,30,32,37)/t19-/m1/s1. The first-order chi connectivity index (χ1) is 18.0. The third-order valence-electron chi connectivity index (χ3n) is 7.97. The van der Waals surface area contributed by atoms with Gasteiger partial charge in [-0.15, -0.1) is 0 Å². The highest BCUT2D eigenvalue weighted by Gasteiger charge is 2.25. The van der Waals surface area contributed by atoms with Gasteiger partial charge in [0.15, 0.2) is 0 Å². The van der Waals surface area contributed by atoms with Gasteiger partial charge in [0, 0.05) is 49.2 Å². The number of H-pyrrole nitrogens is 2. The summed E-state index contributed by atoms with van der Waals surface area (Å²) in [5.41, 5.74) is 4.82. The minimum absolute atomic E-state index is 0.170. The molecule has 0 amide bonds. The monoisotopic (exact) mass is 519 g/mol. The van der Waals surface area contributed by atoms with Crippen LogP contribution in [0.4, 0.5) is 11.4 Å². The van der Waals surface area contributed by atoms with Gasteiger partial charge in [-0.25, -0.2) is 4.98 Å². The number of aromatic amines is 2. The van der Waals surface area contributed by atoms with E-state index in [0.717, 1.165) is 85.5 Å². The average Bonchev–Trinajstić information content (AvgIpc) is 3.54. The van der Waals surface area contributed by atoms with Crippen LogP contribution in [0.5, 0.6) is 0 Å². The van der Waals surface area contributed by atoms with Crippen LogP contribution in [0, 0.1) is 0 Å². The van der Waals surface area contributed by atoms with Gasteiger partial charge in [-0.2, -0.15) is 0 Å². The molecular formula is C28H34ClN7O. The molecule has 2 fully saturated rings. The third-order valence-corrected chi connectivity index (χ3v) is 8.20. The number of imidazole rings is 1. The van der Waals surface area contributed by atoms with Gasteiger partial charge in [-0.3, -0.25) is 9.69 Å². The topological polar surface area (TPSA) is 83.3 Å². The zero-order chi connectivity index (χ0) is 25.5. The molecule has 1 atom stereocenters. The molecule has 4 aromatic rings. The average molecular weight is 520 g/mol. The van der Waals surface area contributed by atoms with E-state index < -0.39 is 0 Å². The maximum atomic E-state index is 13.5. The summed E-state index contributed by atoms with van der Waals surface area (Å²) in [6.07, 6.45) is 2.35. The van der Waals surface area contributed by atoms with Crippen molar-refractivity contribution in [2.24, 2.45) is 0 Å². The largest absolute Gasteiger partial charge is 0.382 e. The lowest BCUT2D eigenvalue weighted by molar-refractivity contribution is 0.277. The summed E-state index contributed by atoms with van der Waals surface area (Å²) in [4.78, 5) is 32.3. The number of aromatic nitrogens is 3. The molecule has 3 N–H and O–H groups in total. The number of fused-ring (bicyclic) bond motifs is 2. The Bertz CT molecular complexity index is 1490. The van der Waals surface area contributed by atoms with Crippen molar-refractivity contribution in [2.75, 3.05) is 63.1 Å². The summed E-state index contributed by atoms with van der Waals surface area (Å²) < 4.78 is 0. The molecule has 6 rings (SSSR count). The van der Waals surface area contributed by atoms with Crippen molar-refractivity contribution in [3.63, 3.8) is 0 Å². The quantitative estimate of drug-likeness (QED) is 0.351. The van der Waals surface area contributed by atoms with Crippen LogP contribution in [0.1, 0.15) is 19.8 Å². The molecule has 0 radical (unpaired) electrons. The van der Waals surface area contributed by atoms with Crippen molar-refractivity contribution in [1.82, 2.24) is 24.8 Å². The van der Waals surface area contributed by atoms with Crippen molar-refractivity contribution in [3.05, 3.63) is 51.8 Å². The molecule has 8 nitrogen and oxygen atoms in total. The molecule has 4 heterocycles. The molecule has 0 saturated carbocycles. The fourth-order valence-corrected chi connectivity index (χ4v) is 6.05. The van der Waals surface area contributed by atoms with Crippen molar-refractivity contribution in [2.45, 2.75) is 25.8 Å². The molecule has 2 aliphatic rings. The summed E-state index contributed by atoms with van der Waals surface area (Å²) in [6, 6.07) is 12.2. The second kappa shape index (κ2) is 10.0. The molecule has 0 spiro atoms. The van der Waals surface area contributed by atoms with E-state index in [2.05, 4.69) is 56.1 Å². The molecular weight excluding hydrogens is 486 g/mol. The number of hydrogen-bond donors (Lipinski definition) is 3. The lowest BCUT2D eigenvalue weighted by Crippen LogP contribution is -2.44. The highest BCUT2D eigenvalue weighted by Crippen LogP contribution is 2.34. The number of rotatable bonds is 6. The predicted octanol–water partition coefficient (Wildman–Crippen LogP) is 4.37. The van der Waals surface area contributed by atoms with Crippen LogP contribution in [0.3, 0.4) is 0 Å². The number of likely N-dealkylation sites (tertiary alicyclic amines) is 1. The van der Waals surface area contributed by atoms with E-state index in [1.54, 1.807) is 0 Å². The Labute approximate surface area is 221 Å². The minimum atomic E-state index is -0.170. The minimum Gasteiger partial charge on any atom is -0.382 e. The van der Waals surface area contributed by atoms with E-state index in [-0.39, 0.29) is 5.56 Å². The number of likely N-dealkylation sites (N-methyl/N-ethyl adjacent to an activating group) is 2. The first kappa shape index (κ1) is 24.3. The Morgan fingerprint density at radius 3 is 2.73 bits per heavy atom. The highest BCUT2D eigenvalue weighted by molar-refractivity contribution is 6.31.